The maximum Gasteiger partial charge on any atom is 0.253 e. The first kappa shape index (κ1) is 30.6. The van der Waals surface area contributed by atoms with Crippen LogP contribution in [0.25, 0.3) is 22.5 Å². The summed E-state index contributed by atoms with van der Waals surface area (Å²) in [6, 6.07) is 21.6. The van der Waals surface area contributed by atoms with E-state index in [4.69, 9.17) is 5.73 Å². The number of hydrogen-bond acceptors (Lipinski definition) is 7. The molecule has 0 unspecified atom stereocenters. The zero-order chi connectivity index (χ0) is 31.1. The molecule has 1 atom stereocenters. The summed E-state index contributed by atoms with van der Waals surface area (Å²) in [5.74, 6) is 0.250. The highest BCUT2D eigenvalue weighted by atomic mass is 16.2. The molecule has 1 aliphatic carbocycles. The number of aromatic amines is 1. The van der Waals surface area contributed by atoms with Gasteiger partial charge < -0.3 is 21.3 Å². The molecule has 3 aromatic carbocycles. The second-order valence-electron chi connectivity index (χ2n) is 11.5. The van der Waals surface area contributed by atoms with Crippen molar-refractivity contribution >= 4 is 23.4 Å². The minimum atomic E-state index is -0.802. The van der Waals surface area contributed by atoms with Gasteiger partial charge in [0.15, 0.2) is 0 Å². The third-order valence-corrected chi connectivity index (χ3v) is 8.16. The first-order valence-corrected chi connectivity index (χ1v) is 14.9. The molecule has 0 aliphatic heterocycles. The van der Waals surface area contributed by atoms with Crippen LogP contribution in [-0.4, -0.2) is 69.9 Å². The zero-order valence-corrected chi connectivity index (χ0v) is 25.0. The van der Waals surface area contributed by atoms with Crippen LogP contribution in [0.4, 0.5) is 5.69 Å². The van der Waals surface area contributed by atoms with Crippen molar-refractivity contribution in [1.29, 1.82) is 0 Å². The molecule has 1 heterocycles. The highest BCUT2D eigenvalue weighted by molar-refractivity contribution is 5.98. The molecule has 5 N–H and O–H groups in total. The molecule has 5 rings (SSSR count). The van der Waals surface area contributed by atoms with Crippen molar-refractivity contribution in [2.75, 3.05) is 26.0 Å². The SMILES string of the molecule is CN(C)C(=O)c1cccc(-c2cccc(C[C@H](NC(=O)C3CCC(CN)CC3)C(=O)Nc3ccc(-c4nn[nH]n4)cc3)c2)c1. The Kier molecular flexibility index (Phi) is 9.75. The Bertz CT molecular complexity index is 1580. The van der Waals surface area contributed by atoms with Gasteiger partial charge in [-0.05, 0) is 96.4 Å². The van der Waals surface area contributed by atoms with E-state index >= 15 is 0 Å². The topological polar surface area (TPSA) is 159 Å². The summed E-state index contributed by atoms with van der Waals surface area (Å²) in [5.41, 5.74) is 10.5. The Morgan fingerprint density at radius 3 is 2.30 bits per heavy atom. The number of carbonyl (C=O) groups excluding carboxylic acids is 3. The second-order valence-corrected chi connectivity index (χ2v) is 11.5. The number of anilines is 1. The highest BCUT2D eigenvalue weighted by Crippen LogP contribution is 2.29. The number of nitrogens with zero attached hydrogens (tertiary/aromatic N) is 4. The minimum absolute atomic E-state index is 0.0757. The van der Waals surface area contributed by atoms with Crippen molar-refractivity contribution in [2.45, 2.75) is 38.1 Å². The van der Waals surface area contributed by atoms with Gasteiger partial charge in [0, 0.05) is 43.2 Å². The van der Waals surface area contributed by atoms with Gasteiger partial charge in [0.05, 0.1) is 0 Å². The normalized spacial score (nSPS) is 17.0. The summed E-state index contributed by atoms with van der Waals surface area (Å²) in [6.45, 7) is 0.632. The number of tetrazole rings is 1. The molecule has 4 aromatic rings. The van der Waals surface area contributed by atoms with Crippen molar-refractivity contribution in [3.63, 3.8) is 0 Å². The van der Waals surface area contributed by atoms with E-state index < -0.39 is 6.04 Å². The van der Waals surface area contributed by atoms with E-state index in [1.165, 1.54) is 0 Å². The van der Waals surface area contributed by atoms with Gasteiger partial charge in [-0.15, -0.1) is 10.2 Å². The molecule has 1 aliphatic rings. The Labute approximate surface area is 256 Å². The van der Waals surface area contributed by atoms with Gasteiger partial charge in [-0.1, -0.05) is 36.4 Å². The van der Waals surface area contributed by atoms with Crippen LogP contribution in [0, 0.1) is 11.8 Å². The van der Waals surface area contributed by atoms with Crippen LogP contribution in [0.5, 0.6) is 0 Å². The smallest absolute Gasteiger partial charge is 0.253 e. The zero-order valence-electron chi connectivity index (χ0n) is 25.0. The van der Waals surface area contributed by atoms with E-state index in [1.807, 2.05) is 42.5 Å². The number of aromatic nitrogens is 4. The quantitative estimate of drug-likeness (QED) is 0.218. The van der Waals surface area contributed by atoms with Crippen molar-refractivity contribution in [1.82, 2.24) is 30.8 Å². The number of amides is 3. The lowest BCUT2D eigenvalue weighted by Crippen LogP contribution is -2.48. The van der Waals surface area contributed by atoms with E-state index in [0.717, 1.165) is 47.9 Å². The fraction of sp³-hybridized carbons (Fsp3) is 0.333. The molecule has 3 amide bonds. The average Bonchev–Trinajstić information content (AvgIpc) is 3.60. The molecule has 0 radical (unpaired) electrons. The Hall–Kier alpha value is -4.90. The van der Waals surface area contributed by atoms with E-state index in [9.17, 15) is 14.4 Å². The molecule has 0 saturated heterocycles. The number of nitrogens with two attached hydrogens (primary N) is 1. The second kappa shape index (κ2) is 14.0. The van der Waals surface area contributed by atoms with Crippen LogP contribution < -0.4 is 16.4 Å². The molecular formula is C33H38N8O3. The van der Waals surface area contributed by atoms with E-state index in [1.54, 1.807) is 49.3 Å². The van der Waals surface area contributed by atoms with E-state index in [0.29, 0.717) is 36.0 Å². The summed E-state index contributed by atoms with van der Waals surface area (Å²) in [6.07, 6.45) is 3.64. The fourth-order valence-corrected chi connectivity index (χ4v) is 5.58. The van der Waals surface area contributed by atoms with Gasteiger partial charge in [-0.25, -0.2) is 0 Å². The first-order valence-electron chi connectivity index (χ1n) is 14.9. The lowest BCUT2D eigenvalue weighted by atomic mass is 9.81. The Morgan fingerprint density at radius 1 is 0.932 bits per heavy atom. The van der Waals surface area contributed by atoms with Gasteiger partial charge >= 0.3 is 0 Å². The number of rotatable bonds is 10. The predicted octanol–water partition coefficient (Wildman–Crippen LogP) is 3.67. The van der Waals surface area contributed by atoms with Gasteiger partial charge in [-0.3, -0.25) is 14.4 Å². The lowest BCUT2D eigenvalue weighted by molar-refractivity contribution is -0.130. The number of nitrogens with one attached hydrogen (secondary N) is 3. The summed E-state index contributed by atoms with van der Waals surface area (Å²) in [7, 11) is 3.45. The molecule has 1 fully saturated rings. The fourth-order valence-electron chi connectivity index (χ4n) is 5.58. The molecule has 44 heavy (non-hydrogen) atoms. The van der Waals surface area contributed by atoms with Gasteiger partial charge in [0.1, 0.15) is 6.04 Å². The number of carbonyl (C=O) groups is 3. The van der Waals surface area contributed by atoms with Gasteiger partial charge in [-0.2, -0.15) is 5.21 Å². The number of hydrogen-bond donors (Lipinski definition) is 4. The van der Waals surface area contributed by atoms with Crippen LogP contribution in [0.1, 0.15) is 41.6 Å². The Balaban J connectivity index is 1.35. The molecule has 1 aromatic heterocycles. The largest absolute Gasteiger partial charge is 0.345 e. The molecule has 0 spiro atoms. The van der Waals surface area contributed by atoms with Crippen molar-refractivity contribution in [3.8, 4) is 22.5 Å². The third-order valence-electron chi connectivity index (χ3n) is 8.16. The van der Waals surface area contributed by atoms with Gasteiger partial charge in [0.25, 0.3) is 5.91 Å². The Morgan fingerprint density at radius 2 is 1.64 bits per heavy atom. The standard InChI is InChI=1S/C33H38N8O3/c1-41(2)33(44)27-8-4-7-26(19-27)25-6-3-5-22(17-25)18-29(36-31(42)24-11-9-21(20-34)10-12-24)32(43)35-28-15-13-23(14-16-28)30-37-39-40-38-30/h3-8,13-17,19,21,24,29H,9-12,18,20,34H2,1-2H3,(H,35,43)(H,36,42)(H,37,38,39,40)/t21?,24?,29-/m0/s1. The predicted molar refractivity (Wildman–Crippen MR) is 168 cm³/mol. The molecule has 228 valence electrons. The van der Waals surface area contributed by atoms with Crippen molar-refractivity contribution in [2.24, 2.45) is 17.6 Å². The minimum Gasteiger partial charge on any atom is -0.345 e. The maximum absolute atomic E-state index is 13.7. The van der Waals surface area contributed by atoms with Crippen molar-refractivity contribution in [3.05, 3.63) is 83.9 Å². The maximum atomic E-state index is 13.7. The van der Waals surface area contributed by atoms with Crippen molar-refractivity contribution < 1.29 is 14.4 Å². The highest BCUT2D eigenvalue weighted by Gasteiger charge is 2.29. The van der Waals surface area contributed by atoms with Gasteiger partial charge in [0.2, 0.25) is 17.6 Å². The van der Waals surface area contributed by atoms with E-state index in [-0.39, 0.29) is 23.6 Å². The van der Waals surface area contributed by atoms with Crippen LogP contribution in [0.3, 0.4) is 0 Å². The summed E-state index contributed by atoms with van der Waals surface area (Å²) in [5, 5.41) is 20.0. The first-order chi connectivity index (χ1) is 21.3. The number of H-pyrrole nitrogens is 1. The third kappa shape index (κ3) is 7.54. The summed E-state index contributed by atoms with van der Waals surface area (Å²) < 4.78 is 0. The molecule has 1 saturated carbocycles. The van der Waals surface area contributed by atoms with Crippen LogP contribution >= 0.6 is 0 Å². The molecular weight excluding hydrogens is 556 g/mol. The van der Waals surface area contributed by atoms with Crippen LogP contribution in [-0.2, 0) is 16.0 Å². The molecule has 11 heteroatoms. The van der Waals surface area contributed by atoms with Crippen LogP contribution in [0.15, 0.2) is 72.8 Å². The van der Waals surface area contributed by atoms with E-state index in [2.05, 4.69) is 31.3 Å². The number of benzene rings is 3. The van der Waals surface area contributed by atoms with Crippen LogP contribution in [0.2, 0.25) is 0 Å². The monoisotopic (exact) mass is 594 g/mol. The lowest BCUT2D eigenvalue weighted by Gasteiger charge is -2.28. The average molecular weight is 595 g/mol. The summed E-state index contributed by atoms with van der Waals surface area (Å²) >= 11 is 0. The summed E-state index contributed by atoms with van der Waals surface area (Å²) in [4.78, 5) is 41.1. The molecule has 11 nitrogen and oxygen atoms in total. The molecule has 0 bridgehead atoms.